The van der Waals surface area contributed by atoms with Gasteiger partial charge in [0.05, 0.1) is 18.9 Å². The Balaban J connectivity index is 1.60. The van der Waals surface area contributed by atoms with Crippen molar-refractivity contribution < 1.29 is 13.9 Å². The Hall–Kier alpha value is -3.05. The molecule has 0 spiro atoms. The van der Waals surface area contributed by atoms with Gasteiger partial charge in [-0.25, -0.2) is 9.40 Å². The third-order valence-corrected chi connectivity index (χ3v) is 5.54. The standard InChI is InChI=1S/C23H18ClFN2O2/c1-28-18-4-2-3-15(11-18)23-27-21(19-12-16(24)7-10-22(19)29-23)13-20(26-27)14-5-8-17(25)9-6-14/h2-12,21,23H,13H2,1H3/t21-,23-/m1/s1. The average molecular weight is 409 g/mol. The lowest BCUT2D eigenvalue weighted by atomic mass is 9.96. The average Bonchev–Trinajstić information content (AvgIpc) is 3.19. The summed E-state index contributed by atoms with van der Waals surface area (Å²) < 4.78 is 25.1. The van der Waals surface area contributed by atoms with Crippen molar-refractivity contribution in [2.75, 3.05) is 7.11 Å². The van der Waals surface area contributed by atoms with Crippen molar-refractivity contribution in [2.45, 2.75) is 18.7 Å². The van der Waals surface area contributed by atoms with E-state index < -0.39 is 6.23 Å². The Morgan fingerprint density at radius 3 is 2.72 bits per heavy atom. The molecule has 0 aliphatic carbocycles. The van der Waals surface area contributed by atoms with Crippen molar-refractivity contribution >= 4 is 17.3 Å². The first kappa shape index (κ1) is 18.0. The van der Waals surface area contributed by atoms with E-state index in [1.165, 1.54) is 12.1 Å². The van der Waals surface area contributed by atoms with Crippen LogP contribution in [0.25, 0.3) is 0 Å². The highest BCUT2D eigenvalue weighted by Gasteiger charge is 2.41. The number of ether oxygens (including phenoxy) is 2. The molecule has 0 bridgehead atoms. The van der Waals surface area contributed by atoms with E-state index in [0.29, 0.717) is 11.4 Å². The van der Waals surface area contributed by atoms with E-state index in [-0.39, 0.29) is 11.9 Å². The van der Waals surface area contributed by atoms with Gasteiger partial charge in [0.15, 0.2) is 0 Å². The molecule has 2 aliphatic rings. The second kappa shape index (κ2) is 7.08. The van der Waals surface area contributed by atoms with Crippen LogP contribution in [0.15, 0.2) is 71.8 Å². The third-order valence-electron chi connectivity index (χ3n) is 5.31. The second-order valence-corrected chi connectivity index (χ2v) is 7.52. The van der Waals surface area contributed by atoms with E-state index in [1.54, 1.807) is 19.2 Å². The molecule has 146 valence electrons. The van der Waals surface area contributed by atoms with Crippen molar-refractivity contribution in [3.63, 3.8) is 0 Å². The fourth-order valence-corrected chi connectivity index (χ4v) is 4.07. The highest BCUT2D eigenvalue weighted by Crippen LogP contribution is 2.48. The monoisotopic (exact) mass is 408 g/mol. The topological polar surface area (TPSA) is 34.1 Å². The lowest BCUT2D eigenvalue weighted by Gasteiger charge is -2.38. The van der Waals surface area contributed by atoms with Crippen LogP contribution in [0.3, 0.4) is 0 Å². The lowest BCUT2D eigenvalue weighted by molar-refractivity contribution is -0.0191. The summed E-state index contributed by atoms with van der Waals surface area (Å²) in [5.74, 6) is 1.28. The molecule has 3 aromatic carbocycles. The highest BCUT2D eigenvalue weighted by molar-refractivity contribution is 6.30. The third kappa shape index (κ3) is 3.21. The van der Waals surface area contributed by atoms with Gasteiger partial charge in [-0.3, -0.25) is 0 Å². The Bertz CT molecular complexity index is 1100. The molecule has 0 radical (unpaired) electrons. The van der Waals surface area contributed by atoms with Crippen LogP contribution in [0.1, 0.15) is 35.4 Å². The van der Waals surface area contributed by atoms with Crippen LogP contribution < -0.4 is 9.47 Å². The van der Waals surface area contributed by atoms with Crippen LogP contribution in [-0.4, -0.2) is 17.8 Å². The molecule has 29 heavy (non-hydrogen) atoms. The molecule has 0 aromatic heterocycles. The molecule has 5 rings (SSSR count). The quantitative estimate of drug-likeness (QED) is 0.555. The normalized spacial score (nSPS) is 19.8. The number of nitrogens with zero attached hydrogens (tertiary/aromatic N) is 2. The fourth-order valence-electron chi connectivity index (χ4n) is 3.89. The van der Waals surface area contributed by atoms with E-state index in [4.69, 9.17) is 26.2 Å². The summed E-state index contributed by atoms with van der Waals surface area (Å²) in [4.78, 5) is 0. The minimum atomic E-state index is -0.401. The number of rotatable bonds is 3. The Labute approximate surface area is 173 Å². The summed E-state index contributed by atoms with van der Waals surface area (Å²) >= 11 is 6.26. The smallest absolute Gasteiger partial charge is 0.214 e. The van der Waals surface area contributed by atoms with E-state index in [9.17, 15) is 4.39 Å². The summed E-state index contributed by atoms with van der Waals surface area (Å²) in [5.41, 5.74) is 3.73. The Kier molecular flexibility index (Phi) is 4.40. The van der Waals surface area contributed by atoms with E-state index in [0.717, 1.165) is 33.9 Å². The first-order chi connectivity index (χ1) is 14.1. The van der Waals surface area contributed by atoms with Crippen LogP contribution in [0.4, 0.5) is 4.39 Å². The number of hydrogen-bond acceptors (Lipinski definition) is 4. The largest absolute Gasteiger partial charge is 0.497 e. The van der Waals surface area contributed by atoms with Gasteiger partial charge in [0, 0.05) is 22.6 Å². The molecule has 0 fully saturated rings. The summed E-state index contributed by atoms with van der Waals surface area (Å²) in [6.45, 7) is 0. The van der Waals surface area contributed by atoms with Crippen LogP contribution >= 0.6 is 11.6 Å². The van der Waals surface area contributed by atoms with Crippen molar-refractivity contribution in [1.29, 1.82) is 0 Å². The van der Waals surface area contributed by atoms with E-state index in [2.05, 4.69) is 0 Å². The number of fused-ring (bicyclic) bond motifs is 3. The predicted molar refractivity (Wildman–Crippen MR) is 110 cm³/mol. The van der Waals surface area contributed by atoms with Gasteiger partial charge in [-0.15, -0.1) is 0 Å². The van der Waals surface area contributed by atoms with Gasteiger partial charge in [-0.2, -0.15) is 5.10 Å². The van der Waals surface area contributed by atoms with Crippen LogP contribution in [0.2, 0.25) is 5.02 Å². The molecule has 2 heterocycles. The zero-order valence-corrected chi connectivity index (χ0v) is 16.4. The molecule has 0 N–H and O–H groups in total. The minimum absolute atomic E-state index is 0.0197. The molecule has 0 amide bonds. The van der Waals surface area contributed by atoms with Crippen molar-refractivity contribution in [3.8, 4) is 11.5 Å². The van der Waals surface area contributed by atoms with Gasteiger partial charge < -0.3 is 9.47 Å². The van der Waals surface area contributed by atoms with Gasteiger partial charge in [0.1, 0.15) is 17.3 Å². The van der Waals surface area contributed by atoms with Crippen molar-refractivity contribution in [1.82, 2.24) is 5.01 Å². The van der Waals surface area contributed by atoms with Crippen LogP contribution in [0, 0.1) is 5.82 Å². The minimum Gasteiger partial charge on any atom is -0.497 e. The van der Waals surface area contributed by atoms with Gasteiger partial charge in [-0.1, -0.05) is 35.9 Å². The maximum absolute atomic E-state index is 13.4. The number of halogens is 2. The van der Waals surface area contributed by atoms with E-state index >= 15 is 0 Å². The van der Waals surface area contributed by atoms with Gasteiger partial charge in [-0.05, 0) is 48.0 Å². The zero-order valence-electron chi connectivity index (χ0n) is 15.7. The molecule has 2 aliphatic heterocycles. The molecule has 0 unspecified atom stereocenters. The first-order valence-electron chi connectivity index (χ1n) is 9.34. The molecule has 0 saturated carbocycles. The van der Waals surface area contributed by atoms with Crippen molar-refractivity contribution in [2.24, 2.45) is 5.10 Å². The molecule has 6 heteroatoms. The molecule has 0 saturated heterocycles. The zero-order chi connectivity index (χ0) is 20.0. The summed E-state index contributed by atoms with van der Waals surface area (Å²) in [6.07, 6.45) is 0.282. The number of methoxy groups -OCH3 is 1. The Morgan fingerprint density at radius 1 is 1.10 bits per heavy atom. The second-order valence-electron chi connectivity index (χ2n) is 7.08. The number of hydrogen-bond donors (Lipinski definition) is 0. The van der Waals surface area contributed by atoms with Gasteiger partial charge in [0.25, 0.3) is 0 Å². The maximum Gasteiger partial charge on any atom is 0.214 e. The van der Waals surface area contributed by atoms with Crippen molar-refractivity contribution in [3.05, 3.63) is 94.3 Å². The SMILES string of the molecule is COc1cccc([C@H]2Oc3ccc(Cl)cc3[C@H]3CC(c4ccc(F)cc4)=NN32)c1. The van der Waals surface area contributed by atoms with Gasteiger partial charge >= 0.3 is 0 Å². The fraction of sp³-hybridized carbons (Fsp3) is 0.174. The lowest BCUT2D eigenvalue weighted by Crippen LogP contribution is -2.33. The molecular formula is C23H18ClFN2O2. The summed E-state index contributed by atoms with van der Waals surface area (Å²) in [7, 11) is 1.64. The Morgan fingerprint density at radius 2 is 1.93 bits per heavy atom. The summed E-state index contributed by atoms with van der Waals surface area (Å²) in [5, 5.41) is 7.49. The van der Waals surface area contributed by atoms with E-state index in [1.807, 2.05) is 47.5 Å². The molecular weight excluding hydrogens is 391 g/mol. The van der Waals surface area contributed by atoms with Crippen LogP contribution in [0.5, 0.6) is 11.5 Å². The predicted octanol–water partition coefficient (Wildman–Crippen LogP) is 5.73. The number of hydrazone groups is 1. The molecule has 4 nitrogen and oxygen atoms in total. The molecule has 3 aromatic rings. The summed E-state index contributed by atoms with van der Waals surface area (Å²) in [6, 6.07) is 19.8. The van der Waals surface area contributed by atoms with Crippen LogP contribution in [-0.2, 0) is 0 Å². The van der Waals surface area contributed by atoms with Gasteiger partial charge in [0.2, 0.25) is 6.23 Å². The highest BCUT2D eigenvalue weighted by atomic mass is 35.5. The number of benzene rings is 3. The first-order valence-corrected chi connectivity index (χ1v) is 9.72. The molecule has 2 atom stereocenters. The maximum atomic E-state index is 13.4.